The fourth-order valence-electron chi connectivity index (χ4n) is 1.39. The number of hydrogen-bond donors (Lipinski definition) is 0. The number of nitrogens with zero attached hydrogens (tertiary/aromatic N) is 3. The molecule has 0 unspecified atom stereocenters. The van der Waals surface area contributed by atoms with Crippen molar-refractivity contribution in [1.29, 1.82) is 0 Å². The van der Waals surface area contributed by atoms with E-state index in [1.54, 1.807) is 25.3 Å². The van der Waals surface area contributed by atoms with Gasteiger partial charge in [0.1, 0.15) is 24.9 Å². The van der Waals surface area contributed by atoms with Crippen molar-refractivity contribution in [3.05, 3.63) is 40.9 Å². The number of ether oxygens (including phenoxy) is 1. The molecule has 0 aliphatic rings. The molecular formula is C11H10BrN3O2. The fourth-order valence-corrected chi connectivity index (χ4v) is 1.93. The SMILES string of the molecule is COc1ccc(C(=O)Cn2cncn2)cc1Br. The molecule has 0 fully saturated rings. The molecule has 0 bridgehead atoms. The van der Waals surface area contributed by atoms with Gasteiger partial charge < -0.3 is 4.74 Å². The van der Waals surface area contributed by atoms with Gasteiger partial charge in [0.15, 0.2) is 5.78 Å². The Morgan fingerprint density at radius 2 is 2.35 bits per heavy atom. The first-order valence-corrected chi connectivity index (χ1v) is 5.69. The molecule has 1 heterocycles. The quantitative estimate of drug-likeness (QED) is 0.809. The predicted molar refractivity (Wildman–Crippen MR) is 65.0 cm³/mol. The van der Waals surface area contributed by atoms with E-state index in [0.717, 1.165) is 4.47 Å². The second-order valence-corrected chi connectivity index (χ2v) is 4.22. The third kappa shape index (κ3) is 2.71. The van der Waals surface area contributed by atoms with Crippen molar-refractivity contribution in [2.24, 2.45) is 0 Å². The average molecular weight is 296 g/mol. The summed E-state index contributed by atoms with van der Waals surface area (Å²) in [5.41, 5.74) is 0.605. The minimum absolute atomic E-state index is 0.0288. The summed E-state index contributed by atoms with van der Waals surface area (Å²) in [7, 11) is 1.58. The van der Waals surface area contributed by atoms with Crippen molar-refractivity contribution in [3.63, 3.8) is 0 Å². The molecule has 0 saturated carbocycles. The van der Waals surface area contributed by atoms with Crippen LogP contribution in [0.25, 0.3) is 0 Å². The molecule has 0 saturated heterocycles. The number of carbonyl (C=O) groups is 1. The molecule has 0 aliphatic carbocycles. The van der Waals surface area contributed by atoms with Crippen molar-refractivity contribution in [2.45, 2.75) is 6.54 Å². The highest BCUT2D eigenvalue weighted by Crippen LogP contribution is 2.25. The van der Waals surface area contributed by atoms with Crippen LogP contribution < -0.4 is 4.74 Å². The highest BCUT2D eigenvalue weighted by molar-refractivity contribution is 9.10. The molecule has 2 rings (SSSR count). The maximum atomic E-state index is 11.9. The Balaban J connectivity index is 2.17. The van der Waals surface area contributed by atoms with E-state index in [1.807, 2.05) is 0 Å². The Kier molecular flexibility index (Phi) is 3.53. The van der Waals surface area contributed by atoms with Gasteiger partial charge in [-0.15, -0.1) is 0 Å². The molecule has 5 nitrogen and oxygen atoms in total. The summed E-state index contributed by atoms with van der Waals surface area (Å²) < 4.78 is 7.34. The van der Waals surface area contributed by atoms with Gasteiger partial charge in [-0.3, -0.25) is 4.79 Å². The lowest BCUT2D eigenvalue weighted by atomic mass is 10.1. The second-order valence-electron chi connectivity index (χ2n) is 3.37. The van der Waals surface area contributed by atoms with E-state index in [2.05, 4.69) is 26.0 Å². The van der Waals surface area contributed by atoms with E-state index < -0.39 is 0 Å². The molecule has 1 aromatic carbocycles. The Hall–Kier alpha value is -1.69. The van der Waals surface area contributed by atoms with Crippen molar-refractivity contribution < 1.29 is 9.53 Å². The monoisotopic (exact) mass is 295 g/mol. The van der Waals surface area contributed by atoms with Crippen LogP contribution in [0.3, 0.4) is 0 Å². The molecular weight excluding hydrogens is 286 g/mol. The van der Waals surface area contributed by atoms with Crippen molar-refractivity contribution in [3.8, 4) is 5.75 Å². The third-order valence-electron chi connectivity index (χ3n) is 2.25. The van der Waals surface area contributed by atoms with Crippen molar-refractivity contribution >= 4 is 21.7 Å². The Labute approximate surface area is 107 Å². The van der Waals surface area contributed by atoms with Gasteiger partial charge in [-0.25, -0.2) is 9.67 Å². The summed E-state index contributed by atoms with van der Waals surface area (Å²) in [6, 6.07) is 5.21. The van der Waals surface area contributed by atoms with E-state index in [4.69, 9.17) is 4.74 Å². The molecule has 17 heavy (non-hydrogen) atoms. The number of carbonyl (C=O) groups excluding carboxylic acids is 1. The van der Waals surface area contributed by atoms with Gasteiger partial charge in [0.25, 0.3) is 0 Å². The zero-order valence-electron chi connectivity index (χ0n) is 9.13. The van der Waals surface area contributed by atoms with Crippen molar-refractivity contribution in [2.75, 3.05) is 7.11 Å². The summed E-state index contributed by atoms with van der Waals surface area (Å²) in [5, 5.41) is 3.89. The van der Waals surface area contributed by atoms with Crippen LogP contribution in [-0.4, -0.2) is 27.7 Å². The molecule has 0 aliphatic heterocycles. The van der Waals surface area contributed by atoms with Crippen LogP contribution in [0.5, 0.6) is 5.75 Å². The second kappa shape index (κ2) is 5.09. The molecule has 0 spiro atoms. The molecule has 0 atom stereocenters. The first-order chi connectivity index (χ1) is 8.20. The van der Waals surface area contributed by atoms with E-state index in [1.165, 1.54) is 17.3 Å². The minimum atomic E-state index is -0.0288. The van der Waals surface area contributed by atoms with Gasteiger partial charge in [-0.1, -0.05) is 0 Å². The lowest BCUT2D eigenvalue weighted by Crippen LogP contribution is -2.10. The summed E-state index contributed by atoms with van der Waals surface area (Å²) in [4.78, 5) is 15.7. The Bertz CT molecular complexity index is 526. The van der Waals surface area contributed by atoms with Gasteiger partial charge in [-0.2, -0.15) is 5.10 Å². The summed E-state index contributed by atoms with van der Waals surface area (Å²) >= 11 is 3.34. The Morgan fingerprint density at radius 1 is 1.53 bits per heavy atom. The third-order valence-corrected chi connectivity index (χ3v) is 2.87. The maximum absolute atomic E-state index is 11.9. The molecule has 88 valence electrons. The van der Waals surface area contributed by atoms with Crippen LogP contribution in [0.15, 0.2) is 35.3 Å². The van der Waals surface area contributed by atoms with Gasteiger partial charge in [0.2, 0.25) is 0 Å². The van der Waals surface area contributed by atoms with Gasteiger partial charge in [0, 0.05) is 5.56 Å². The largest absolute Gasteiger partial charge is 0.496 e. The number of methoxy groups -OCH3 is 1. The van der Waals surface area contributed by atoms with Gasteiger partial charge in [0.05, 0.1) is 11.6 Å². The Morgan fingerprint density at radius 3 is 2.94 bits per heavy atom. The van der Waals surface area contributed by atoms with Gasteiger partial charge in [-0.05, 0) is 34.1 Å². The number of aromatic nitrogens is 3. The zero-order chi connectivity index (χ0) is 12.3. The predicted octanol–water partition coefficient (Wildman–Crippen LogP) is 1.93. The molecule has 0 N–H and O–H groups in total. The zero-order valence-corrected chi connectivity index (χ0v) is 10.7. The van der Waals surface area contributed by atoms with Crippen LogP contribution in [0.2, 0.25) is 0 Å². The highest BCUT2D eigenvalue weighted by atomic mass is 79.9. The molecule has 6 heteroatoms. The number of halogens is 1. The molecule has 0 amide bonds. The van der Waals surface area contributed by atoms with Crippen LogP contribution in [-0.2, 0) is 6.54 Å². The normalized spacial score (nSPS) is 10.2. The summed E-state index contributed by atoms with van der Waals surface area (Å²) in [5.74, 6) is 0.668. The number of rotatable bonds is 4. The van der Waals surface area contributed by atoms with E-state index in [0.29, 0.717) is 11.3 Å². The van der Waals surface area contributed by atoms with Crippen LogP contribution in [0.4, 0.5) is 0 Å². The topological polar surface area (TPSA) is 57.0 Å². The maximum Gasteiger partial charge on any atom is 0.184 e. The van der Waals surface area contributed by atoms with Crippen LogP contribution >= 0.6 is 15.9 Å². The number of benzene rings is 1. The standard InChI is InChI=1S/C11H10BrN3O2/c1-17-11-3-2-8(4-9(11)12)10(16)5-15-7-13-6-14-15/h2-4,6-7H,5H2,1H3. The first kappa shape index (κ1) is 11.8. The van der Waals surface area contributed by atoms with Gasteiger partial charge >= 0.3 is 0 Å². The highest BCUT2D eigenvalue weighted by Gasteiger charge is 2.09. The van der Waals surface area contributed by atoms with E-state index in [-0.39, 0.29) is 12.3 Å². The van der Waals surface area contributed by atoms with E-state index in [9.17, 15) is 4.79 Å². The minimum Gasteiger partial charge on any atom is -0.496 e. The number of hydrogen-bond acceptors (Lipinski definition) is 4. The number of ketones is 1. The first-order valence-electron chi connectivity index (χ1n) is 4.90. The lowest BCUT2D eigenvalue weighted by Gasteiger charge is -2.05. The average Bonchev–Trinajstić information content (AvgIpc) is 2.81. The summed E-state index contributed by atoms with van der Waals surface area (Å²) in [6.07, 6.45) is 2.91. The van der Waals surface area contributed by atoms with E-state index >= 15 is 0 Å². The van der Waals surface area contributed by atoms with Crippen molar-refractivity contribution in [1.82, 2.24) is 14.8 Å². The van der Waals surface area contributed by atoms with Crippen LogP contribution in [0.1, 0.15) is 10.4 Å². The fraction of sp³-hybridized carbons (Fsp3) is 0.182. The molecule has 1 aromatic heterocycles. The summed E-state index contributed by atoms with van der Waals surface area (Å²) in [6.45, 7) is 0.179. The smallest absolute Gasteiger partial charge is 0.184 e. The molecule has 0 radical (unpaired) electrons. The number of Topliss-reactive ketones (excluding diaryl/α,β-unsaturated/α-hetero) is 1. The molecule has 2 aromatic rings. The van der Waals surface area contributed by atoms with Crippen LogP contribution in [0, 0.1) is 0 Å². The lowest BCUT2D eigenvalue weighted by molar-refractivity contribution is 0.0967.